The van der Waals surface area contributed by atoms with Crippen molar-refractivity contribution in [3.63, 3.8) is 0 Å². The Hall–Kier alpha value is -0.220. The summed E-state index contributed by atoms with van der Waals surface area (Å²) in [5.41, 5.74) is 0.488. The van der Waals surface area contributed by atoms with E-state index in [0.29, 0.717) is 5.41 Å². The first-order chi connectivity index (χ1) is 8.95. The van der Waals surface area contributed by atoms with Gasteiger partial charge in [-0.05, 0) is 30.6 Å². The van der Waals surface area contributed by atoms with Gasteiger partial charge in [-0.3, -0.25) is 4.79 Å². The molecule has 1 N–H and O–H groups in total. The number of thioether (sulfide) groups is 1. The average Bonchev–Trinajstić information content (AvgIpc) is 2.73. The number of hydrogen-bond acceptors (Lipinski definition) is 4. The van der Waals surface area contributed by atoms with Crippen molar-refractivity contribution in [3.05, 3.63) is 0 Å². The first-order valence-corrected chi connectivity index (χ1v) is 8.62. The maximum atomic E-state index is 12.3. The second-order valence-corrected chi connectivity index (χ2v) is 8.27. The van der Waals surface area contributed by atoms with Crippen LogP contribution >= 0.6 is 11.8 Å². The zero-order valence-electron chi connectivity index (χ0n) is 12.2. The minimum Gasteiger partial charge on any atom is -0.461 e. The zero-order chi connectivity index (χ0) is 13.7. The quantitative estimate of drug-likeness (QED) is 0.790. The molecule has 1 saturated heterocycles. The van der Waals surface area contributed by atoms with Gasteiger partial charge in [0.1, 0.15) is 12.1 Å². The molecule has 0 aromatic heterocycles. The van der Waals surface area contributed by atoms with Gasteiger partial charge in [-0.2, -0.15) is 11.8 Å². The number of fused-ring (bicyclic) bond motifs is 2. The van der Waals surface area contributed by atoms with Gasteiger partial charge >= 0.3 is 5.97 Å². The lowest BCUT2D eigenvalue weighted by atomic mass is 9.70. The lowest BCUT2D eigenvalue weighted by Gasteiger charge is -2.39. The van der Waals surface area contributed by atoms with E-state index in [1.54, 1.807) is 0 Å². The second-order valence-electron chi connectivity index (χ2n) is 7.12. The summed E-state index contributed by atoms with van der Waals surface area (Å²) in [6.07, 6.45) is 3.70. The summed E-state index contributed by atoms with van der Waals surface area (Å²) in [5, 5.41) is 3.27. The summed E-state index contributed by atoms with van der Waals surface area (Å²) < 4.78 is 5.91. The first-order valence-electron chi connectivity index (χ1n) is 7.47. The van der Waals surface area contributed by atoms with Crippen molar-refractivity contribution in [1.29, 1.82) is 0 Å². The van der Waals surface area contributed by atoms with Crippen LogP contribution in [0.4, 0.5) is 0 Å². The molecule has 4 unspecified atom stereocenters. The third-order valence-corrected chi connectivity index (χ3v) is 7.24. The van der Waals surface area contributed by atoms with E-state index in [2.05, 4.69) is 26.1 Å². The molecule has 108 valence electrons. The summed E-state index contributed by atoms with van der Waals surface area (Å²) in [6.45, 7) is 7.95. The van der Waals surface area contributed by atoms with Gasteiger partial charge in [0.05, 0.1) is 0 Å². The Balaban J connectivity index is 1.66. The van der Waals surface area contributed by atoms with Crippen molar-refractivity contribution in [3.8, 4) is 0 Å². The molecule has 0 amide bonds. The Kier molecular flexibility index (Phi) is 3.37. The van der Waals surface area contributed by atoms with Crippen LogP contribution in [0.3, 0.4) is 0 Å². The van der Waals surface area contributed by atoms with Crippen molar-refractivity contribution in [2.24, 2.45) is 16.7 Å². The molecule has 3 fully saturated rings. The van der Waals surface area contributed by atoms with Gasteiger partial charge in [0.25, 0.3) is 0 Å². The van der Waals surface area contributed by atoms with Crippen molar-refractivity contribution < 1.29 is 9.53 Å². The van der Waals surface area contributed by atoms with Crippen molar-refractivity contribution >= 4 is 17.7 Å². The fourth-order valence-electron chi connectivity index (χ4n) is 4.25. The molecule has 0 aromatic rings. The fraction of sp³-hybridized carbons (Fsp3) is 0.933. The number of rotatable bonds is 2. The highest BCUT2D eigenvalue weighted by Crippen LogP contribution is 2.66. The van der Waals surface area contributed by atoms with Crippen molar-refractivity contribution in [2.75, 3.05) is 18.1 Å². The number of nitrogens with one attached hydrogen (secondary N) is 1. The smallest absolute Gasteiger partial charge is 0.324 e. The Labute approximate surface area is 120 Å². The SMILES string of the molecule is CC1(C)C2CCC1(C)C(OC(=O)C1CSCCN1)C2. The van der Waals surface area contributed by atoms with Gasteiger partial charge < -0.3 is 10.1 Å². The predicted molar refractivity (Wildman–Crippen MR) is 78.2 cm³/mol. The number of hydrogen-bond donors (Lipinski definition) is 1. The largest absolute Gasteiger partial charge is 0.461 e. The van der Waals surface area contributed by atoms with Gasteiger partial charge in [0.15, 0.2) is 0 Å². The molecule has 2 saturated carbocycles. The van der Waals surface area contributed by atoms with Crippen molar-refractivity contribution in [2.45, 2.75) is 52.2 Å². The van der Waals surface area contributed by atoms with E-state index in [1.165, 1.54) is 12.8 Å². The Morgan fingerprint density at radius 2 is 2.16 bits per heavy atom. The zero-order valence-corrected chi connectivity index (χ0v) is 13.0. The molecule has 1 aliphatic heterocycles. The van der Waals surface area contributed by atoms with Crippen molar-refractivity contribution in [1.82, 2.24) is 5.32 Å². The summed E-state index contributed by atoms with van der Waals surface area (Å²) in [5.74, 6) is 2.65. The van der Waals surface area contributed by atoms with Crippen LogP contribution in [0.5, 0.6) is 0 Å². The van der Waals surface area contributed by atoms with Gasteiger partial charge in [-0.1, -0.05) is 20.8 Å². The maximum Gasteiger partial charge on any atom is 0.324 e. The molecular weight excluding hydrogens is 258 g/mol. The van der Waals surface area contributed by atoms with Crippen LogP contribution < -0.4 is 5.32 Å². The Morgan fingerprint density at radius 1 is 1.37 bits per heavy atom. The van der Waals surface area contributed by atoms with E-state index in [9.17, 15) is 4.79 Å². The molecule has 0 aromatic carbocycles. The van der Waals surface area contributed by atoms with Crippen LogP contribution in [0.2, 0.25) is 0 Å². The molecular formula is C15H25NO2S. The van der Waals surface area contributed by atoms with Crippen LogP contribution in [0.15, 0.2) is 0 Å². The molecule has 19 heavy (non-hydrogen) atoms. The molecule has 0 radical (unpaired) electrons. The summed E-state index contributed by atoms with van der Waals surface area (Å²) in [7, 11) is 0. The Morgan fingerprint density at radius 3 is 2.68 bits per heavy atom. The number of carbonyl (C=O) groups is 1. The van der Waals surface area contributed by atoms with E-state index in [0.717, 1.165) is 30.4 Å². The third-order valence-electron chi connectivity index (χ3n) is 6.18. The van der Waals surface area contributed by atoms with Crippen LogP contribution in [-0.2, 0) is 9.53 Å². The van der Waals surface area contributed by atoms with E-state index >= 15 is 0 Å². The van der Waals surface area contributed by atoms with E-state index in [4.69, 9.17) is 4.74 Å². The van der Waals surface area contributed by atoms with Gasteiger partial charge in [0.2, 0.25) is 0 Å². The number of esters is 1. The van der Waals surface area contributed by atoms with Crippen LogP contribution in [0.1, 0.15) is 40.0 Å². The topological polar surface area (TPSA) is 38.3 Å². The van der Waals surface area contributed by atoms with E-state index in [-0.39, 0.29) is 23.5 Å². The van der Waals surface area contributed by atoms with E-state index < -0.39 is 0 Å². The monoisotopic (exact) mass is 283 g/mol. The molecule has 3 rings (SSSR count). The number of ether oxygens (including phenoxy) is 1. The standard InChI is InChI=1S/C15H25NO2S/c1-14(2)10-4-5-15(14,3)12(8-10)18-13(17)11-9-19-7-6-16-11/h10-12,16H,4-9H2,1-3H3. The van der Waals surface area contributed by atoms with Gasteiger partial charge in [-0.15, -0.1) is 0 Å². The lowest BCUT2D eigenvalue weighted by Crippen LogP contribution is -2.47. The lowest BCUT2D eigenvalue weighted by molar-refractivity contribution is -0.158. The highest BCUT2D eigenvalue weighted by atomic mass is 32.2. The fourth-order valence-corrected chi connectivity index (χ4v) is 5.17. The second kappa shape index (κ2) is 4.66. The highest BCUT2D eigenvalue weighted by molar-refractivity contribution is 7.99. The molecule has 4 heteroatoms. The molecule has 4 atom stereocenters. The molecule has 3 aliphatic rings. The minimum absolute atomic E-state index is 0.0261. The summed E-state index contributed by atoms with van der Waals surface area (Å²) >= 11 is 1.84. The molecule has 1 heterocycles. The van der Waals surface area contributed by atoms with Gasteiger partial charge in [0, 0.05) is 23.5 Å². The van der Waals surface area contributed by atoms with Crippen LogP contribution in [0, 0.1) is 16.7 Å². The Bertz CT molecular complexity index is 378. The summed E-state index contributed by atoms with van der Waals surface area (Å²) in [4.78, 5) is 12.3. The third kappa shape index (κ3) is 2.02. The molecule has 0 spiro atoms. The van der Waals surface area contributed by atoms with Crippen LogP contribution in [-0.4, -0.2) is 36.2 Å². The summed E-state index contributed by atoms with van der Waals surface area (Å²) in [6, 6.07) is -0.0930. The molecule has 3 nitrogen and oxygen atoms in total. The maximum absolute atomic E-state index is 12.3. The van der Waals surface area contributed by atoms with E-state index in [1.807, 2.05) is 11.8 Å². The molecule has 2 aliphatic carbocycles. The van der Waals surface area contributed by atoms with Gasteiger partial charge in [-0.25, -0.2) is 0 Å². The first kappa shape index (κ1) is 13.7. The normalized spacial score (nSPS) is 44.3. The molecule has 2 bridgehead atoms. The average molecular weight is 283 g/mol. The van der Waals surface area contributed by atoms with Crippen LogP contribution in [0.25, 0.3) is 0 Å². The predicted octanol–water partition coefficient (Wildman–Crippen LogP) is 2.45. The number of carbonyl (C=O) groups excluding carboxylic acids is 1. The highest BCUT2D eigenvalue weighted by Gasteiger charge is 2.63. The minimum atomic E-state index is -0.0930.